The van der Waals surface area contributed by atoms with Crippen molar-refractivity contribution in [2.24, 2.45) is 0 Å². The van der Waals surface area contributed by atoms with E-state index in [-0.39, 0.29) is 0 Å². The van der Waals surface area contributed by atoms with Crippen LogP contribution in [0.5, 0.6) is 5.75 Å². The number of ether oxygens (including phenoxy) is 1. The molecule has 0 fully saturated rings. The van der Waals surface area contributed by atoms with Gasteiger partial charge in [-0.25, -0.2) is 12.7 Å². The number of unbranched alkanes of at least 4 members (excludes halogenated alkanes) is 1. The molecule has 0 aliphatic carbocycles. The molecular weight excluding hydrogens is 286 g/mol. The molecule has 0 saturated heterocycles. The van der Waals surface area contributed by atoms with E-state index in [1.54, 1.807) is 12.1 Å². The number of rotatable bonds is 6. The lowest BCUT2D eigenvalue weighted by molar-refractivity contribution is 0.313. The van der Waals surface area contributed by atoms with Gasteiger partial charge < -0.3 is 4.74 Å². The van der Waals surface area contributed by atoms with Gasteiger partial charge in [-0.3, -0.25) is 0 Å². The lowest BCUT2D eigenvalue weighted by Crippen LogP contribution is -2.22. The molecule has 0 radical (unpaired) electrons. The average molecular weight is 307 g/mol. The summed E-state index contributed by atoms with van der Waals surface area (Å²) in [6, 6.07) is 10.8. The van der Waals surface area contributed by atoms with Gasteiger partial charge in [0.05, 0.1) is 11.5 Å². The largest absolute Gasteiger partial charge is 0.493 e. The second-order valence-corrected chi connectivity index (χ2v) is 7.22. The van der Waals surface area contributed by atoms with Crippen LogP contribution in [0.15, 0.2) is 41.3 Å². The maximum atomic E-state index is 12.4. The minimum absolute atomic E-state index is 0.311. The maximum Gasteiger partial charge on any atom is 0.243 e. The van der Waals surface area contributed by atoms with Gasteiger partial charge in [0, 0.05) is 24.9 Å². The van der Waals surface area contributed by atoms with Crippen LogP contribution in [-0.4, -0.2) is 33.4 Å². The van der Waals surface area contributed by atoms with Gasteiger partial charge in [-0.05, 0) is 18.6 Å². The van der Waals surface area contributed by atoms with E-state index in [0.717, 1.165) is 24.0 Å². The highest BCUT2D eigenvalue weighted by atomic mass is 32.2. The molecule has 0 spiro atoms. The smallest absolute Gasteiger partial charge is 0.243 e. The topological polar surface area (TPSA) is 46.6 Å². The summed E-state index contributed by atoms with van der Waals surface area (Å²) in [4.78, 5) is 0.311. The molecule has 2 aromatic carbocycles. The van der Waals surface area contributed by atoms with Crippen molar-refractivity contribution in [3.8, 4) is 5.75 Å². The first-order valence-electron chi connectivity index (χ1n) is 7.05. The molecule has 0 heterocycles. The van der Waals surface area contributed by atoms with E-state index in [2.05, 4.69) is 6.92 Å². The second kappa shape index (κ2) is 6.45. The molecule has 2 rings (SSSR count). The van der Waals surface area contributed by atoms with Crippen LogP contribution in [0.1, 0.15) is 19.8 Å². The molecule has 0 aliphatic heterocycles. The summed E-state index contributed by atoms with van der Waals surface area (Å²) in [5.74, 6) is 0.733. The molecule has 0 aliphatic rings. The van der Waals surface area contributed by atoms with Crippen LogP contribution < -0.4 is 4.74 Å². The molecule has 0 bridgehead atoms. The van der Waals surface area contributed by atoms with E-state index in [1.807, 2.05) is 24.3 Å². The van der Waals surface area contributed by atoms with E-state index in [9.17, 15) is 8.42 Å². The highest BCUT2D eigenvalue weighted by Gasteiger charge is 2.21. The zero-order valence-electron chi connectivity index (χ0n) is 12.7. The fourth-order valence-corrected chi connectivity index (χ4v) is 3.21. The first-order chi connectivity index (χ1) is 9.98. The standard InChI is InChI=1S/C16H21NO3S/c1-4-5-12-20-15-10-11-16(21(18,19)17(2)3)14-9-7-6-8-13(14)15/h6-11H,4-5,12H2,1-3H3. The zero-order valence-corrected chi connectivity index (χ0v) is 13.5. The highest BCUT2D eigenvalue weighted by Crippen LogP contribution is 2.32. The van der Waals surface area contributed by atoms with Crippen molar-refractivity contribution >= 4 is 20.8 Å². The van der Waals surface area contributed by atoms with Crippen LogP contribution in [0.4, 0.5) is 0 Å². The Kier molecular flexibility index (Phi) is 4.85. The third-order valence-corrected chi connectivity index (χ3v) is 5.23. The molecule has 5 heteroatoms. The van der Waals surface area contributed by atoms with Crippen molar-refractivity contribution in [3.63, 3.8) is 0 Å². The van der Waals surface area contributed by atoms with Gasteiger partial charge in [-0.2, -0.15) is 0 Å². The number of benzene rings is 2. The Morgan fingerprint density at radius 1 is 1.05 bits per heavy atom. The van der Waals surface area contributed by atoms with Gasteiger partial charge in [0.2, 0.25) is 10.0 Å². The Bertz CT molecular complexity index is 723. The maximum absolute atomic E-state index is 12.4. The van der Waals surface area contributed by atoms with Gasteiger partial charge in [0.25, 0.3) is 0 Å². The third kappa shape index (κ3) is 3.19. The Balaban J connectivity index is 2.55. The number of nitrogens with zero attached hydrogens (tertiary/aromatic N) is 1. The predicted molar refractivity (Wildman–Crippen MR) is 85.2 cm³/mol. The van der Waals surface area contributed by atoms with Gasteiger partial charge in [0.1, 0.15) is 5.75 Å². The highest BCUT2D eigenvalue weighted by molar-refractivity contribution is 7.89. The van der Waals surface area contributed by atoms with Crippen molar-refractivity contribution in [3.05, 3.63) is 36.4 Å². The summed E-state index contributed by atoms with van der Waals surface area (Å²) in [6.07, 6.45) is 2.04. The number of hydrogen-bond donors (Lipinski definition) is 0. The third-order valence-electron chi connectivity index (χ3n) is 3.36. The lowest BCUT2D eigenvalue weighted by Gasteiger charge is -2.15. The lowest BCUT2D eigenvalue weighted by atomic mass is 10.1. The monoisotopic (exact) mass is 307 g/mol. The average Bonchev–Trinajstić information content (AvgIpc) is 2.47. The van der Waals surface area contributed by atoms with Gasteiger partial charge in [-0.15, -0.1) is 0 Å². The molecule has 0 atom stereocenters. The summed E-state index contributed by atoms with van der Waals surface area (Å²) in [5.41, 5.74) is 0. The molecule has 0 saturated carbocycles. The number of hydrogen-bond acceptors (Lipinski definition) is 3. The summed E-state index contributed by atoms with van der Waals surface area (Å²) in [5, 5.41) is 1.52. The summed E-state index contributed by atoms with van der Waals surface area (Å²) in [6.45, 7) is 2.74. The van der Waals surface area contributed by atoms with Gasteiger partial charge in [-0.1, -0.05) is 37.6 Å². The van der Waals surface area contributed by atoms with Crippen molar-refractivity contribution in [1.82, 2.24) is 4.31 Å². The normalized spacial score (nSPS) is 12.0. The van der Waals surface area contributed by atoms with E-state index in [4.69, 9.17) is 4.74 Å². The predicted octanol–water partition coefficient (Wildman–Crippen LogP) is 3.27. The first kappa shape index (κ1) is 15.8. The molecular formula is C16H21NO3S. The van der Waals surface area contributed by atoms with E-state index < -0.39 is 10.0 Å². The summed E-state index contributed by atoms with van der Waals surface area (Å²) >= 11 is 0. The van der Waals surface area contributed by atoms with E-state index >= 15 is 0 Å². The Labute approximate surface area is 126 Å². The van der Waals surface area contributed by atoms with Crippen LogP contribution in [0.2, 0.25) is 0 Å². The number of fused-ring (bicyclic) bond motifs is 1. The van der Waals surface area contributed by atoms with Gasteiger partial charge in [0.15, 0.2) is 0 Å². The Hall–Kier alpha value is -1.59. The molecule has 0 unspecified atom stereocenters. The molecule has 114 valence electrons. The molecule has 0 aromatic heterocycles. The van der Waals surface area contributed by atoms with Crippen LogP contribution in [0.25, 0.3) is 10.8 Å². The Morgan fingerprint density at radius 2 is 1.71 bits per heavy atom. The van der Waals surface area contributed by atoms with Crippen LogP contribution >= 0.6 is 0 Å². The van der Waals surface area contributed by atoms with Crippen molar-refractivity contribution in [1.29, 1.82) is 0 Å². The molecule has 4 nitrogen and oxygen atoms in total. The fourth-order valence-electron chi connectivity index (χ4n) is 2.12. The first-order valence-corrected chi connectivity index (χ1v) is 8.49. The molecule has 0 amide bonds. The van der Waals surface area contributed by atoms with Gasteiger partial charge >= 0.3 is 0 Å². The van der Waals surface area contributed by atoms with Crippen molar-refractivity contribution < 1.29 is 13.2 Å². The SMILES string of the molecule is CCCCOc1ccc(S(=O)(=O)N(C)C)c2ccccc12. The molecule has 21 heavy (non-hydrogen) atoms. The van der Waals surface area contributed by atoms with Crippen LogP contribution in [0, 0.1) is 0 Å². The van der Waals surface area contributed by atoms with Crippen LogP contribution in [0.3, 0.4) is 0 Å². The molecule has 0 N–H and O–H groups in total. The van der Waals surface area contributed by atoms with Crippen molar-refractivity contribution in [2.45, 2.75) is 24.7 Å². The summed E-state index contributed by atoms with van der Waals surface area (Å²) in [7, 11) is -0.393. The second-order valence-electron chi connectivity index (χ2n) is 5.10. The zero-order chi connectivity index (χ0) is 15.5. The minimum Gasteiger partial charge on any atom is -0.493 e. The minimum atomic E-state index is -3.47. The van der Waals surface area contributed by atoms with E-state index in [1.165, 1.54) is 18.4 Å². The number of sulfonamides is 1. The van der Waals surface area contributed by atoms with Crippen LogP contribution in [-0.2, 0) is 10.0 Å². The quantitative estimate of drug-likeness (QED) is 0.770. The summed E-state index contributed by atoms with van der Waals surface area (Å²) < 4.78 is 31.8. The molecule has 2 aromatic rings. The van der Waals surface area contributed by atoms with E-state index in [0.29, 0.717) is 16.9 Å². The van der Waals surface area contributed by atoms with Crippen molar-refractivity contribution in [2.75, 3.05) is 20.7 Å². The Morgan fingerprint density at radius 3 is 2.33 bits per heavy atom. The fraction of sp³-hybridized carbons (Fsp3) is 0.375.